The Hall–Kier alpha value is -3.53. The Morgan fingerprint density at radius 2 is 1.84 bits per heavy atom. The number of pyridine rings is 1. The lowest BCUT2D eigenvalue weighted by molar-refractivity contribution is 0.0945. The third-order valence-electron chi connectivity index (χ3n) is 8.33. The van der Waals surface area contributed by atoms with Crippen molar-refractivity contribution in [3.63, 3.8) is 0 Å². The van der Waals surface area contributed by atoms with Crippen molar-refractivity contribution in [3.05, 3.63) is 47.7 Å². The third kappa shape index (κ3) is 5.09. The molecule has 3 aliphatic rings. The minimum absolute atomic E-state index is 0.142. The number of anilines is 3. The summed E-state index contributed by atoms with van der Waals surface area (Å²) in [6, 6.07) is 5.67. The van der Waals surface area contributed by atoms with Gasteiger partial charge in [-0.25, -0.2) is 19.3 Å². The van der Waals surface area contributed by atoms with E-state index in [4.69, 9.17) is 0 Å². The summed E-state index contributed by atoms with van der Waals surface area (Å²) >= 11 is 0. The van der Waals surface area contributed by atoms with Crippen LogP contribution in [0, 0.1) is 17.7 Å². The molecule has 0 saturated carbocycles. The quantitative estimate of drug-likeness (QED) is 0.458. The Balaban J connectivity index is 1.10. The molecule has 3 aromatic heterocycles. The van der Waals surface area contributed by atoms with E-state index in [1.807, 2.05) is 23.9 Å². The first-order valence-corrected chi connectivity index (χ1v) is 13.7. The number of aromatic nitrogens is 4. The Labute approximate surface area is 222 Å². The van der Waals surface area contributed by atoms with E-state index in [0.29, 0.717) is 30.0 Å². The monoisotopic (exact) mass is 518 g/mol. The lowest BCUT2D eigenvalue weighted by atomic mass is 9.83. The van der Waals surface area contributed by atoms with Crippen LogP contribution in [-0.2, 0) is 13.5 Å². The largest absolute Gasteiger partial charge is 0.370 e. The van der Waals surface area contributed by atoms with E-state index >= 15 is 0 Å². The summed E-state index contributed by atoms with van der Waals surface area (Å²) in [6.45, 7) is 5.04. The highest BCUT2D eigenvalue weighted by Gasteiger charge is 2.26. The number of halogens is 1. The van der Waals surface area contributed by atoms with Gasteiger partial charge in [0.25, 0.3) is 5.91 Å². The summed E-state index contributed by atoms with van der Waals surface area (Å²) in [5.74, 6) is 1.89. The van der Waals surface area contributed by atoms with Crippen molar-refractivity contribution in [1.82, 2.24) is 30.2 Å². The van der Waals surface area contributed by atoms with E-state index in [-0.39, 0.29) is 17.5 Å². The smallest absolute Gasteiger partial charge is 0.253 e. The number of piperidine rings is 2. The first-order chi connectivity index (χ1) is 18.5. The highest BCUT2D eigenvalue weighted by Crippen LogP contribution is 2.31. The molecule has 2 saturated heterocycles. The van der Waals surface area contributed by atoms with Crippen LogP contribution in [0.4, 0.5) is 21.8 Å². The molecule has 0 aliphatic carbocycles. The van der Waals surface area contributed by atoms with Crippen LogP contribution in [0.2, 0.25) is 0 Å². The molecule has 1 amide bonds. The Bertz CT molecular complexity index is 1290. The summed E-state index contributed by atoms with van der Waals surface area (Å²) in [5, 5.41) is 9.40. The van der Waals surface area contributed by atoms with Gasteiger partial charge in [-0.3, -0.25) is 4.79 Å². The molecule has 0 atom stereocenters. The van der Waals surface area contributed by atoms with E-state index in [0.717, 1.165) is 42.5 Å². The molecule has 0 unspecified atom stereocenters. The van der Waals surface area contributed by atoms with E-state index < -0.39 is 5.82 Å². The predicted molar refractivity (Wildman–Crippen MR) is 145 cm³/mol. The van der Waals surface area contributed by atoms with Crippen molar-refractivity contribution < 1.29 is 9.18 Å². The van der Waals surface area contributed by atoms with Gasteiger partial charge in [0, 0.05) is 38.8 Å². The van der Waals surface area contributed by atoms with E-state index in [1.165, 1.54) is 45.2 Å². The predicted octanol–water partition coefficient (Wildman–Crippen LogP) is 3.65. The van der Waals surface area contributed by atoms with Crippen molar-refractivity contribution in [2.24, 2.45) is 18.9 Å². The van der Waals surface area contributed by atoms with Gasteiger partial charge in [0.2, 0.25) is 5.95 Å². The highest BCUT2D eigenvalue weighted by molar-refractivity contribution is 5.97. The van der Waals surface area contributed by atoms with E-state index in [2.05, 4.69) is 41.9 Å². The van der Waals surface area contributed by atoms with Gasteiger partial charge in [0.1, 0.15) is 11.5 Å². The number of rotatable bonds is 6. The number of hydrogen-bond acceptors (Lipinski definition) is 7. The van der Waals surface area contributed by atoms with Crippen molar-refractivity contribution in [1.29, 1.82) is 0 Å². The van der Waals surface area contributed by atoms with Gasteiger partial charge in [-0.15, -0.1) is 0 Å². The molecular weight excluding hydrogens is 483 g/mol. The fourth-order valence-electron chi connectivity index (χ4n) is 6.14. The lowest BCUT2D eigenvalue weighted by Gasteiger charge is -2.35. The minimum atomic E-state index is -0.541. The van der Waals surface area contributed by atoms with Crippen molar-refractivity contribution in [3.8, 4) is 11.4 Å². The van der Waals surface area contributed by atoms with Crippen LogP contribution in [-0.4, -0.2) is 58.1 Å². The van der Waals surface area contributed by atoms with Crippen LogP contribution < -0.4 is 20.9 Å². The van der Waals surface area contributed by atoms with E-state index in [1.54, 1.807) is 6.07 Å². The van der Waals surface area contributed by atoms with Crippen LogP contribution >= 0.6 is 0 Å². The van der Waals surface area contributed by atoms with Crippen LogP contribution in [0.1, 0.15) is 48.2 Å². The number of nitrogens with zero attached hydrogens (tertiary/aromatic N) is 5. The maximum atomic E-state index is 14.8. The third-order valence-corrected chi connectivity index (χ3v) is 8.33. The molecule has 2 fully saturated rings. The van der Waals surface area contributed by atoms with Crippen molar-refractivity contribution >= 4 is 23.4 Å². The summed E-state index contributed by atoms with van der Waals surface area (Å²) in [7, 11) is 1.83. The normalized spacial score (nSPS) is 18.8. The molecule has 10 heteroatoms. The molecule has 0 aromatic carbocycles. The zero-order chi connectivity index (χ0) is 26.1. The SMILES string of the molecule is Cn1c(-c2nc(Nc3ccc(N4CCC(CC5CCNCC5)CC4)cn3)ncc2F)cc2c1CCNC2=O. The Morgan fingerprint density at radius 1 is 1.05 bits per heavy atom. The molecule has 3 aliphatic heterocycles. The first-order valence-electron chi connectivity index (χ1n) is 13.7. The second-order valence-electron chi connectivity index (χ2n) is 10.7. The number of nitrogens with one attached hydrogen (secondary N) is 3. The molecule has 3 N–H and O–H groups in total. The zero-order valence-electron chi connectivity index (χ0n) is 21.8. The van der Waals surface area contributed by atoms with Crippen LogP contribution in [0.15, 0.2) is 30.6 Å². The number of carbonyl (C=O) groups is 1. The number of fused-ring (bicyclic) bond motifs is 1. The number of carbonyl (C=O) groups excluding carboxylic acids is 1. The Kier molecular flexibility index (Phi) is 6.97. The highest BCUT2D eigenvalue weighted by atomic mass is 19.1. The van der Waals surface area contributed by atoms with Gasteiger partial charge in [0.05, 0.1) is 29.3 Å². The fourth-order valence-corrected chi connectivity index (χ4v) is 6.14. The maximum absolute atomic E-state index is 14.8. The molecule has 38 heavy (non-hydrogen) atoms. The van der Waals surface area contributed by atoms with Gasteiger partial charge in [-0.05, 0) is 75.2 Å². The summed E-state index contributed by atoms with van der Waals surface area (Å²) in [5.41, 5.74) is 3.25. The maximum Gasteiger partial charge on any atom is 0.253 e. The lowest BCUT2D eigenvalue weighted by Crippen LogP contribution is -2.35. The standard InChI is InChI=1S/C28H35FN8O/c1-36-23-6-11-31-27(38)21(23)15-24(36)26-22(29)17-33-28(35-26)34-25-3-2-20(16-32-25)37-12-7-19(8-13-37)14-18-4-9-30-10-5-18/h2-3,15-19,30H,4-14H2,1H3,(H,31,38)(H,32,33,34,35). The molecule has 6 rings (SSSR count). The fraction of sp³-hybridized carbons (Fsp3) is 0.500. The summed E-state index contributed by atoms with van der Waals surface area (Å²) < 4.78 is 16.6. The molecule has 3 aromatic rings. The van der Waals surface area contributed by atoms with Crippen molar-refractivity contribution in [2.75, 3.05) is 42.9 Å². The topological polar surface area (TPSA) is 100 Å². The summed E-state index contributed by atoms with van der Waals surface area (Å²) in [4.78, 5) is 27.8. The average molecular weight is 519 g/mol. The van der Waals surface area contributed by atoms with Gasteiger partial charge in [0.15, 0.2) is 5.82 Å². The second kappa shape index (κ2) is 10.7. The summed E-state index contributed by atoms with van der Waals surface area (Å²) in [6.07, 6.45) is 10.2. The van der Waals surface area contributed by atoms with Gasteiger partial charge in [-0.2, -0.15) is 0 Å². The van der Waals surface area contributed by atoms with Crippen molar-refractivity contribution in [2.45, 2.75) is 38.5 Å². The molecular formula is C28H35FN8O. The molecule has 9 nitrogen and oxygen atoms in total. The number of amides is 1. The van der Waals surface area contributed by atoms with Gasteiger partial charge >= 0.3 is 0 Å². The molecule has 6 heterocycles. The zero-order valence-corrected chi connectivity index (χ0v) is 21.8. The minimum Gasteiger partial charge on any atom is -0.370 e. The number of hydrogen-bond donors (Lipinski definition) is 3. The second-order valence-corrected chi connectivity index (χ2v) is 10.7. The molecule has 200 valence electrons. The molecule has 0 radical (unpaired) electrons. The average Bonchev–Trinajstić information content (AvgIpc) is 3.29. The van der Waals surface area contributed by atoms with Crippen LogP contribution in [0.5, 0.6) is 0 Å². The Morgan fingerprint density at radius 3 is 2.58 bits per heavy atom. The van der Waals surface area contributed by atoms with E-state index in [9.17, 15) is 9.18 Å². The van der Waals surface area contributed by atoms with Gasteiger partial charge in [-0.1, -0.05) is 0 Å². The molecule has 0 spiro atoms. The molecule has 0 bridgehead atoms. The first kappa shape index (κ1) is 24.8. The van der Waals surface area contributed by atoms with Crippen LogP contribution in [0.3, 0.4) is 0 Å². The van der Waals surface area contributed by atoms with Crippen LogP contribution in [0.25, 0.3) is 11.4 Å². The van der Waals surface area contributed by atoms with Gasteiger partial charge < -0.3 is 25.4 Å².